The summed E-state index contributed by atoms with van der Waals surface area (Å²) >= 11 is 0. The Balaban J connectivity index is 2.15. The molecule has 0 aliphatic rings. The second-order valence-corrected chi connectivity index (χ2v) is 8.26. The molecule has 8 heteroatoms. The fraction of sp³-hybridized carbons (Fsp3) is 0.280. The van der Waals surface area contributed by atoms with Crippen molar-refractivity contribution < 1.29 is 18.0 Å². The van der Waals surface area contributed by atoms with Crippen molar-refractivity contribution in [1.29, 1.82) is 0 Å². The van der Waals surface area contributed by atoms with E-state index in [9.17, 15) is 22.9 Å². The molecule has 1 heterocycles. The predicted octanol–water partition coefficient (Wildman–Crippen LogP) is 6.96. The molecule has 0 N–H and O–H groups in total. The summed E-state index contributed by atoms with van der Waals surface area (Å²) in [5.41, 5.74) is 2.58. The normalized spacial score (nSPS) is 12.5. The Morgan fingerprint density at radius 3 is 2.15 bits per heavy atom. The lowest BCUT2D eigenvalue weighted by atomic mass is 9.87. The first-order valence-electron chi connectivity index (χ1n) is 10.4. The molecular formula is C25H24F3N3O2. The quantitative estimate of drug-likeness (QED) is 0.361. The van der Waals surface area contributed by atoms with Crippen LogP contribution in [0.3, 0.4) is 0 Å². The summed E-state index contributed by atoms with van der Waals surface area (Å²) in [6, 6.07) is 13.9. The van der Waals surface area contributed by atoms with Gasteiger partial charge < -0.3 is 4.90 Å². The lowest BCUT2D eigenvalue weighted by Crippen LogP contribution is -2.15. The number of hydrogen-bond acceptors (Lipinski definition) is 4. The van der Waals surface area contributed by atoms with E-state index >= 15 is 0 Å². The molecule has 3 aromatic rings. The number of carbonyl (C=O) groups excluding carboxylic acids is 1. The maximum Gasteiger partial charge on any atom is 0.416 e. The van der Waals surface area contributed by atoms with Crippen LogP contribution in [0.25, 0.3) is 11.1 Å². The zero-order valence-corrected chi connectivity index (χ0v) is 18.5. The first-order chi connectivity index (χ1) is 15.6. The molecule has 0 aliphatic carbocycles. The number of nitroso groups, excluding NO2 is 1. The SMILES string of the molecule is CC(C)CC(C(=O)N=O)c1cc(-c2ccc(C(F)(F)F)cc2)cc(N(C)c2ccncc2)c1. The molecule has 1 amide bonds. The summed E-state index contributed by atoms with van der Waals surface area (Å²) in [7, 11) is 1.84. The van der Waals surface area contributed by atoms with Gasteiger partial charge in [-0.2, -0.15) is 13.2 Å². The summed E-state index contributed by atoms with van der Waals surface area (Å²) in [4.78, 5) is 29.4. The van der Waals surface area contributed by atoms with Gasteiger partial charge >= 0.3 is 6.18 Å². The summed E-state index contributed by atoms with van der Waals surface area (Å²) < 4.78 is 39.0. The number of benzene rings is 2. The van der Waals surface area contributed by atoms with Crippen molar-refractivity contribution in [3.63, 3.8) is 0 Å². The number of hydrogen-bond donors (Lipinski definition) is 0. The molecule has 5 nitrogen and oxygen atoms in total. The lowest BCUT2D eigenvalue weighted by Gasteiger charge is -2.23. The highest BCUT2D eigenvalue weighted by Gasteiger charge is 2.30. The van der Waals surface area contributed by atoms with Gasteiger partial charge in [-0.15, -0.1) is 4.91 Å². The second kappa shape index (κ2) is 9.94. The smallest absolute Gasteiger partial charge is 0.345 e. The lowest BCUT2D eigenvalue weighted by molar-refractivity contribution is -0.137. The number of nitrogens with zero attached hydrogens (tertiary/aromatic N) is 3. The van der Waals surface area contributed by atoms with Gasteiger partial charge in [-0.25, -0.2) is 0 Å². The molecule has 0 fully saturated rings. The van der Waals surface area contributed by atoms with Crippen LogP contribution in [0, 0.1) is 10.8 Å². The summed E-state index contributed by atoms with van der Waals surface area (Å²) in [6.45, 7) is 3.88. The van der Waals surface area contributed by atoms with Crippen LogP contribution in [0.4, 0.5) is 24.5 Å². The number of rotatable bonds is 7. The molecule has 0 saturated carbocycles. The summed E-state index contributed by atoms with van der Waals surface area (Å²) in [6.07, 6.45) is -0.724. The van der Waals surface area contributed by atoms with Gasteiger partial charge in [-0.05, 0) is 65.4 Å². The standard InChI is InChI=1S/C25H24F3N3O2/c1-16(2)12-23(24(32)30-33)19-13-18(17-4-6-20(7-5-17)25(26,27)28)14-22(15-19)31(3)21-8-10-29-11-9-21/h4-11,13-16,23H,12H2,1-3H3. The van der Waals surface area contributed by atoms with Crippen LogP contribution in [0.15, 0.2) is 72.2 Å². The van der Waals surface area contributed by atoms with Crippen LogP contribution in [0.2, 0.25) is 0 Å². The largest absolute Gasteiger partial charge is 0.416 e. The number of pyridine rings is 1. The Kier molecular flexibility index (Phi) is 7.26. The molecule has 0 bridgehead atoms. The zero-order valence-electron chi connectivity index (χ0n) is 18.5. The van der Waals surface area contributed by atoms with Crippen LogP contribution in [0.1, 0.15) is 37.3 Å². The van der Waals surface area contributed by atoms with E-state index < -0.39 is 23.6 Å². The molecule has 0 saturated heterocycles. The van der Waals surface area contributed by atoms with E-state index in [1.54, 1.807) is 18.5 Å². The second-order valence-electron chi connectivity index (χ2n) is 8.26. The fourth-order valence-electron chi connectivity index (χ4n) is 3.68. The van der Waals surface area contributed by atoms with Gasteiger partial charge in [0.15, 0.2) is 0 Å². The van der Waals surface area contributed by atoms with Crippen molar-refractivity contribution in [3.8, 4) is 11.1 Å². The fourth-order valence-corrected chi connectivity index (χ4v) is 3.68. The Morgan fingerprint density at radius 2 is 1.61 bits per heavy atom. The van der Waals surface area contributed by atoms with E-state index in [1.165, 1.54) is 12.1 Å². The molecule has 2 aromatic carbocycles. The number of amides is 1. The number of aromatic nitrogens is 1. The average molecular weight is 455 g/mol. The number of alkyl halides is 3. The minimum Gasteiger partial charge on any atom is -0.345 e. The minimum atomic E-state index is -4.43. The molecule has 172 valence electrons. The third-order valence-corrected chi connectivity index (χ3v) is 5.42. The molecular weight excluding hydrogens is 431 g/mol. The number of anilines is 2. The van der Waals surface area contributed by atoms with Crippen molar-refractivity contribution >= 4 is 17.3 Å². The zero-order chi connectivity index (χ0) is 24.2. The van der Waals surface area contributed by atoms with Crippen molar-refractivity contribution in [1.82, 2.24) is 4.98 Å². The van der Waals surface area contributed by atoms with Gasteiger partial charge in [-0.3, -0.25) is 9.78 Å². The highest BCUT2D eigenvalue weighted by Crippen LogP contribution is 2.36. The topological polar surface area (TPSA) is 62.6 Å². The van der Waals surface area contributed by atoms with E-state index in [-0.39, 0.29) is 5.92 Å². The van der Waals surface area contributed by atoms with Crippen LogP contribution in [-0.4, -0.2) is 17.9 Å². The van der Waals surface area contributed by atoms with Crippen LogP contribution < -0.4 is 4.90 Å². The summed E-state index contributed by atoms with van der Waals surface area (Å²) in [5, 5.41) is 2.66. The van der Waals surface area contributed by atoms with Gasteiger partial charge in [0, 0.05) is 36.0 Å². The molecule has 0 spiro atoms. The van der Waals surface area contributed by atoms with Gasteiger partial charge in [-0.1, -0.05) is 32.0 Å². The first kappa shape index (κ1) is 24.1. The average Bonchev–Trinajstić information content (AvgIpc) is 2.81. The van der Waals surface area contributed by atoms with Crippen molar-refractivity contribution in [2.75, 3.05) is 11.9 Å². The third-order valence-electron chi connectivity index (χ3n) is 5.42. The number of carbonyl (C=O) groups is 1. The van der Waals surface area contributed by atoms with Crippen LogP contribution in [-0.2, 0) is 11.0 Å². The Bertz CT molecular complexity index is 1110. The minimum absolute atomic E-state index is 0.122. The molecule has 33 heavy (non-hydrogen) atoms. The van der Waals surface area contributed by atoms with Gasteiger partial charge in [0.05, 0.1) is 11.5 Å². The van der Waals surface area contributed by atoms with Gasteiger partial charge in [0.25, 0.3) is 5.91 Å². The molecule has 1 atom stereocenters. The van der Waals surface area contributed by atoms with Crippen molar-refractivity contribution in [3.05, 3.63) is 83.0 Å². The maximum absolute atomic E-state index is 13.0. The maximum atomic E-state index is 13.0. The molecule has 3 rings (SSSR count). The molecule has 1 unspecified atom stereocenters. The van der Waals surface area contributed by atoms with E-state index in [0.717, 1.165) is 17.8 Å². The van der Waals surface area contributed by atoms with Gasteiger partial charge in [0.1, 0.15) is 0 Å². The Hall–Kier alpha value is -3.55. The Labute approximate surface area is 190 Å². The van der Waals surface area contributed by atoms with Crippen molar-refractivity contribution in [2.45, 2.75) is 32.4 Å². The highest BCUT2D eigenvalue weighted by molar-refractivity contribution is 5.86. The third kappa shape index (κ3) is 5.83. The van der Waals surface area contributed by atoms with Crippen LogP contribution in [0.5, 0.6) is 0 Å². The summed E-state index contributed by atoms with van der Waals surface area (Å²) in [5.74, 6) is -1.40. The number of halogens is 3. The van der Waals surface area contributed by atoms with E-state index in [2.05, 4.69) is 10.2 Å². The van der Waals surface area contributed by atoms with E-state index in [1.807, 2.05) is 50.1 Å². The van der Waals surface area contributed by atoms with Gasteiger partial charge in [0.2, 0.25) is 0 Å². The molecule has 0 aliphatic heterocycles. The van der Waals surface area contributed by atoms with E-state index in [0.29, 0.717) is 28.8 Å². The molecule has 1 aromatic heterocycles. The highest BCUT2D eigenvalue weighted by atomic mass is 19.4. The first-order valence-corrected chi connectivity index (χ1v) is 10.4. The molecule has 0 radical (unpaired) electrons. The van der Waals surface area contributed by atoms with Crippen LogP contribution >= 0.6 is 0 Å². The Morgan fingerprint density at radius 1 is 0.970 bits per heavy atom. The monoisotopic (exact) mass is 455 g/mol. The van der Waals surface area contributed by atoms with Crippen molar-refractivity contribution in [2.24, 2.45) is 11.1 Å². The predicted molar refractivity (Wildman–Crippen MR) is 122 cm³/mol. The van der Waals surface area contributed by atoms with E-state index in [4.69, 9.17) is 0 Å².